The Morgan fingerprint density at radius 3 is 2.62 bits per heavy atom. The molecule has 2 heterocycles. The van der Waals surface area contributed by atoms with E-state index in [1.54, 1.807) is 0 Å². The molecule has 1 aliphatic rings. The summed E-state index contributed by atoms with van der Waals surface area (Å²) in [4.78, 5) is 6.70. The van der Waals surface area contributed by atoms with Crippen molar-refractivity contribution in [1.29, 1.82) is 0 Å². The minimum absolute atomic E-state index is 0.249. The molecule has 0 aromatic carbocycles. The van der Waals surface area contributed by atoms with Crippen LogP contribution >= 0.6 is 11.6 Å². The van der Waals surface area contributed by atoms with Crippen LogP contribution in [0.1, 0.15) is 5.56 Å². The van der Waals surface area contributed by atoms with Crippen molar-refractivity contribution in [3.63, 3.8) is 0 Å². The molecule has 0 spiro atoms. The number of rotatable bonds is 2. The van der Waals surface area contributed by atoms with Gasteiger partial charge in [-0.05, 0) is 11.6 Å². The molecule has 1 aromatic rings. The van der Waals surface area contributed by atoms with Gasteiger partial charge in [0.2, 0.25) is 11.2 Å². The summed E-state index contributed by atoms with van der Waals surface area (Å²) >= 11 is 5.41. The summed E-state index contributed by atoms with van der Waals surface area (Å²) in [7, 11) is 0. The normalized spacial score (nSPS) is 17.0. The first-order valence-corrected chi connectivity index (χ1v) is 4.69. The maximum absolute atomic E-state index is 12.5. The zero-order chi connectivity index (χ0) is 11.8. The fraction of sp³-hybridized carbons (Fsp3) is 0.500. The van der Waals surface area contributed by atoms with Gasteiger partial charge in [0.25, 0.3) is 0 Å². The van der Waals surface area contributed by atoms with E-state index < -0.39 is 23.7 Å². The average Bonchev–Trinajstić information content (AvgIpc) is 2.09. The molecule has 8 heteroatoms. The SMILES string of the molecule is FC(F)(F)c1cnc(Cl)nc1OC1COC1. The number of ether oxygens (including phenoxy) is 2. The third-order valence-corrected chi connectivity index (χ3v) is 2.10. The number of hydrogen-bond donors (Lipinski definition) is 0. The van der Waals surface area contributed by atoms with Crippen molar-refractivity contribution >= 4 is 11.6 Å². The Hall–Kier alpha value is -1.08. The molecule has 0 bridgehead atoms. The van der Waals surface area contributed by atoms with Crippen LogP contribution in [0.15, 0.2) is 6.20 Å². The van der Waals surface area contributed by atoms with Gasteiger partial charge in [0.15, 0.2) is 0 Å². The zero-order valence-electron chi connectivity index (χ0n) is 7.79. The van der Waals surface area contributed by atoms with E-state index in [0.717, 1.165) is 0 Å². The molecule has 1 fully saturated rings. The smallest absolute Gasteiger partial charge is 0.423 e. The van der Waals surface area contributed by atoms with Crippen LogP contribution in [0.2, 0.25) is 5.28 Å². The lowest BCUT2D eigenvalue weighted by Crippen LogP contribution is -2.39. The molecule has 0 radical (unpaired) electrons. The molecular weight excluding hydrogens is 249 g/mol. The maximum Gasteiger partial charge on any atom is 0.423 e. The fourth-order valence-electron chi connectivity index (χ4n) is 1.07. The lowest BCUT2D eigenvalue weighted by atomic mass is 10.3. The third-order valence-electron chi connectivity index (χ3n) is 1.92. The van der Waals surface area contributed by atoms with Crippen LogP contribution in [-0.4, -0.2) is 29.3 Å². The molecular formula is C8H6ClF3N2O2. The highest BCUT2D eigenvalue weighted by molar-refractivity contribution is 6.28. The summed E-state index contributed by atoms with van der Waals surface area (Å²) in [6.07, 6.45) is -4.37. The number of alkyl halides is 3. The summed E-state index contributed by atoms with van der Waals surface area (Å²) in [5.74, 6) is -0.555. The lowest BCUT2D eigenvalue weighted by molar-refractivity contribution is -0.142. The first kappa shape index (κ1) is 11.4. The molecule has 0 unspecified atom stereocenters. The summed E-state index contributed by atoms with van der Waals surface area (Å²) in [6, 6.07) is 0. The lowest BCUT2D eigenvalue weighted by Gasteiger charge is -2.27. The van der Waals surface area contributed by atoms with Gasteiger partial charge in [0, 0.05) is 6.20 Å². The molecule has 1 saturated heterocycles. The fourth-order valence-corrected chi connectivity index (χ4v) is 1.20. The molecule has 0 saturated carbocycles. The second-order valence-electron chi connectivity index (χ2n) is 3.13. The van der Waals surface area contributed by atoms with Crippen LogP contribution in [0, 0.1) is 0 Å². The number of nitrogens with zero attached hydrogens (tertiary/aromatic N) is 2. The quantitative estimate of drug-likeness (QED) is 0.757. The predicted molar refractivity (Wildman–Crippen MR) is 47.3 cm³/mol. The van der Waals surface area contributed by atoms with Crippen molar-refractivity contribution in [1.82, 2.24) is 9.97 Å². The number of aromatic nitrogens is 2. The molecule has 4 nitrogen and oxygen atoms in total. The van der Waals surface area contributed by atoms with Crippen LogP contribution in [-0.2, 0) is 10.9 Å². The van der Waals surface area contributed by atoms with Crippen molar-refractivity contribution in [2.24, 2.45) is 0 Å². The van der Waals surface area contributed by atoms with Crippen LogP contribution in [0.3, 0.4) is 0 Å². The van der Waals surface area contributed by atoms with Crippen molar-refractivity contribution in [3.05, 3.63) is 17.0 Å². The van der Waals surface area contributed by atoms with Crippen molar-refractivity contribution < 1.29 is 22.6 Å². The van der Waals surface area contributed by atoms with E-state index in [-0.39, 0.29) is 18.5 Å². The van der Waals surface area contributed by atoms with E-state index in [4.69, 9.17) is 21.1 Å². The molecule has 16 heavy (non-hydrogen) atoms. The highest BCUT2D eigenvalue weighted by Crippen LogP contribution is 2.35. The van der Waals surface area contributed by atoms with Crippen LogP contribution in [0.4, 0.5) is 13.2 Å². The van der Waals surface area contributed by atoms with E-state index >= 15 is 0 Å². The predicted octanol–water partition coefficient (Wildman–Crippen LogP) is 1.93. The molecule has 0 amide bonds. The molecule has 0 atom stereocenters. The Labute approximate surface area is 93.4 Å². The van der Waals surface area contributed by atoms with Crippen LogP contribution in [0.5, 0.6) is 5.88 Å². The largest absolute Gasteiger partial charge is 0.469 e. The Kier molecular flexibility index (Phi) is 2.90. The summed E-state index contributed by atoms with van der Waals surface area (Å²) in [6.45, 7) is 0.498. The van der Waals surface area contributed by atoms with Gasteiger partial charge in [-0.15, -0.1) is 0 Å². The standard InChI is InChI=1S/C8H6ClF3N2O2/c9-7-13-1-5(8(10,11)12)6(14-7)16-4-2-15-3-4/h1,4H,2-3H2. The third kappa shape index (κ3) is 2.35. The second-order valence-corrected chi connectivity index (χ2v) is 3.47. The van der Waals surface area contributed by atoms with Gasteiger partial charge in [-0.2, -0.15) is 18.2 Å². The molecule has 88 valence electrons. The van der Waals surface area contributed by atoms with Gasteiger partial charge in [0.05, 0.1) is 13.2 Å². The molecule has 1 aromatic heterocycles. The summed E-state index contributed by atoms with van der Waals surface area (Å²) < 4.78 is 47.3. The first-order chi connectivity index (χ1) is 7.47. The number of hydrogen-bond acceptors (Lipinski definition) is 4. The first-order valence-electron chi connectivity index (χ1n) is 4.31. The second kappa shape index (κ2) is 4.06. The van der Waals surface area contributed by atoms with Gasteiger partial charge in [-0.3, -0.25) is 0 Å². The molecule has 0 N–H and O–H groups in total. The van der Waals surface area contributed by atoms with E-state index in [2.05, 4.69) is 9.97 Å². The Morgan fingerprint density at radius 2 is 2.12 bits per heavy atom. The minimum atomic E-state index is -4.56. The van der Waals surface area contributed by atoms with Crippen LogP contribution < -0.4 is 4.74 Å². The molecule has 2 rings (SSSR count). The van der Waals surface area contributed by atoms with Gasteiger partial charge in [-0.25, -0.2) is 4.98 Å². The van der Waals surface area contributed by atoms with E-state index in [0.29, 0.717) is 6.20 Å². The topological polar surface area (TPSA) is 44.2 Å². The number of halogens is 4. The van der Waals surface area contributed by atoms with Gasteiger partial charge >= 0.3 is 6.18 Å². The molecule has 1 aliphatic heterocycles. The highest BCUT2D eigenvalue weighted by Gasteiger charge is 2.37. The van der Waals surface area contributed by atoms with Gasteiger partial charge < -0.3 is 9.47 Å². The summed E-state index contributed by atoms with van der Waals surface area (Å²) in [5.41, 5.74) is -1.04. The van der Waals surface area contributed by atoms with E-state index in [1.807, 2.05) is 0 Å². The van der Waals surface area contributed by atoms with Crippen molar-refractivity contribution in [2.75, 3.05) is 13.2 Å². The van der Waals surface area contributed by atoms with Gasteiger partial charge in [-0.1, -0.05) is 0 Å². The van der Waals surface area contributed by atoms with Crippen molar-refractivity contribution in [3.8, 4) is 5.88 Å². The van der Waals surface area contributed by atoms with E-state index in [9.17, 15) is 13.2 Å². The van der Waals surface area contributed by atoms with Crippen molar-refractivity contribution in [2.45, 2.75) is 12.3 Å². The minimum Gasteiger partial charge on any atom is -0.469 e. The Balaban J connectivity index is 2.28. The zero-order valence-corrected chi connectivity index (χ0v) is 8.55. The average molecular weight is 255 g/mol. The highest BCUT2D eigenvalue weighted by atomic mass is 35.5. The van der Waals surface area contributed by atoms with Gasteiger partial charge in [0.1, 0.15) is 11.7 Å². The summed E-state index contributed by atoms with van der Waals surface area (Å²) in [5, 5.41) is -0.289. The van der Waals surface area contributed by atoms with E-state index in [1.165, 1.54) is 0 Å². The Morgan fingerprint density at radius 1 is 1.44 bits per heavy atom. The van der Waals surface area contributed by atoms with Crippen LogP contribution in [0.25, 0.3) is 0 Å². The monoisotopic (exact) mass is 254 g/mol. The Bertz CT molecular complexity index is 395. The maximum atomic E-state index is 12.5. The molecule has 0 aliphatic carbocycles.